The van der Waals surface area contributed by atoms with Crippen molar-refractivity contribution in [2.45, 2.75) is 24.4 Å². The van der Waals surface area contributed by atoms with E-state index in [0.717, 1.165) is 6.26 Å². The Kier molecular flexibility index (Phi) is 5.10. The molecule has 0 saturated carbocycles. The summed E-state index contributed by atoms with van der Waals surface area (Å²) in [5.74, 6) is -1.19. The Morgan fingerprint density at radius 2 is 1.80 bits per heavy atom. The van der Waals surface area contributed by atoms with Gasteiger partial charge in [-0.05, 0) is 0 Å². The fourth-order valence-electron chi connectivity index (χ4n) is 1.46. The van der Waals surface area contributed by atoms with Crippen LogP contribution in [-0.4, -0.2) is 76.6 Å². The van der Waals surface area contributed by atoms with Crippen LogP contribution in [0.15, 0.2) is 0 Å². The van der Waals surface area contributed by atoms with Crippen molar-refractivity contribution < 1.29 is 44.9 Å². The van der Waals surface area contributed by atoms with E-state index in [1.165, 1.54) is 0 Å². The standard InChI is InChI=1S/C8H14O10S2/c1-19(12,13)16-3-4(9)6-5(10)7(8(11)17-6)18-20(2,14)15/h4-7,9-10H,3H2,1-2H3/t4-,5-,6-,7-/m1/s1. The van der Waals surface area contributed by atoms with E-state index in [0.29, 0.717) is 6.26 Å². The van der Waals surface area contributed by atoms with Crippen molar-refractivity contribution in [2.75, 3.05) is 19.1 Å². The first kappa shape index (κ1) is 17.3. The third-order valence-electron chi connectivity index (χ3n) is 2.24. The molecule has 2 N–H and O–H groups in total. The highest BCUT2D eigenvalue weighted by Crippen LogP contribution is 2.23. The van der Waals surface area contributed by atoms with Gasteiger partial charge in [0, 0.05) is 0 Å². The Labute approximate surface area is 115 Å². The molecule has 0 bridgehead atoms. The van der Waals surface area contributed by atoms with E-state index in [1.807, 2.05) is 0 Å². The fourth-order valence-corrected chi connectivity index (χ4v) is 2.42. The first-order chi connectivity index (χ1) is 8.91. The fraction of sp³-hybridized carbons (Fsp3) is 0.875. The van der Waals surface area contributed by atoms with Crippen LogP contribution in [0.1, 0.15) is 0 Å². The van der Waals surface area contributed by atoms with Crippen LogP contribution < -0.4 is 0 Å². The highest BCUT2D eigenvalue weighted by Gasteiger charge is 2.49. The van der Waals surface area contributed by atoms with Crippen LogP contribution in [0.2, 0.25) is 0 Å². The van der Waals surface area contributed by atoms with E-state index in [-0.39, 0.29) is 0 Å². The number of hydrogen-bond donors (Lipinski definition) is 2. The molecule has 4 atom stereocenters. The van der Waals surface area contributed by atoms with Gasteiger partial charge in [0.25, 0.3) is 20.2 Å². The summed E-state index contributed by atoms with van der Waals surface area (Å²) in [4.78, 5) is 11.3. The minimum atomic E-state index is -4.03. The molecule has 1 heterocycles. The molecule has 1 aliphatic rings. The normalized spacial score (nSPS) is 29.2. The van der Waals surface area contributed by atoms with E-state index < -0.39 is 57.2 Å². The van der Waals surface area contributed by atoms with Crippen LogP contribution in [-0.2, 0) is 38.1 Å². The molecule has 0 radical (unpaired) electrons. The van der Waals surface area contributed by atoms with Crippen LogP contribution in [0, 0.1) is 0 Å². The van der Waals surface area contributed by atoms with Crippen molar-refractivity contribution in [1.82, 2.24) is 0 Å². The molecular formula is C8H14O10S2. The van der Waals surface area contributed by atoms with Gasteiger partial charge >= 0.3 is 5.97 Å². The third-order valence-corrected chi connectivity index (χ3v) is 3.36. The molecule has 0 amide bonds. The third kappa shape index (κ3) is 4.96. The minimum absolute atomic E-state index is 0.670. The van der Waals surface area contributed by atoms with Gasteiger partial charge in [-0.25, -0.2) is 4.79 Å². The summed E-state index contributed by atoms with van der Waals surface area (Å²) < 4.78 is 56.5. The summed E-state index contributed by atoms with van der Waals surface area (Å²) >= 11 is 0. The number of carbonyl (C=O) groups is 1. The summed E-state index contributed by atoms with van der Waals surface area (Å²) in [5, 5.41) is 19.3. The maximum absolute atomic E-state index is 11.3. The van der Waals surface area contributed by atoms with Gasteiger partial charge in [0.15, 0.2) is 6.10 Å². The summed E-state index contributed by atoms with van der Waals surface area (Å²) in [5.41, 5.74) is 0. The topological polar surface area (TPSA) is 154 Å². The Morgan fingerprint density at radius 3 is 2.25 bits per heavy atom. The van der Waals surface area contributed by atoms with Crippen LogP contribution in [0.3, 0.4) is 0 Å². The molecule has 0 aliphatic carbocycles. The Bertz CT molecular complexity index is 564. The van der Waals surface area contributed by atoms with E-state index in [4.69, 9.17) is 0 Å². The second-order valence-corrected chi connectivity index (χ2v) is 7.41. The number of esters is 1. The second kappa shape index (κ2) is 5.91. The van der Waals surface area contributed by atoms with Crippen LogP contribution in [0.4, 0.5) is 0 Å². The number of aliphatic hydroxyl groups excluding tert-OH is 2. The van der Waals surface area contributed by atoms with Gasteiger partial charge in [-0.2, -0.15) is 16.8 Å². The van der Waals surface area contributed by atoms with E-state index >= 15 is 0 Å². The van der Waals surface area contributed by atoms with E-state index in [1.54, 1.807) is 0 Å². The Morgan fingerprint density at radius 1 is 1.25 bits per heavy atom. The number of rotatable bonds is 6. The quantitative estimate of drug-likeness (QED) is 0.378. The molecule has 10 nitrogen and oxygen atoms in total. The number of cyclic esters (lactones) is 1. The highest BCUT2D eigenvalue weighted by molar-refractivity contribution is 7.86. The van der Waals surface area contributed by atoms with Gasteiger partial charge in [0.2, 0.25) is 6.10 Å². The van der Waals surface area contributed by atoms with Crippen molar-refractivity contribution in [3.8, 4) is 0 Å². The molecule has 1 fully saturated rings. The summed E-state index contributed by atoms with van der Waals surface area (Å²) in [6, 6.07) is 0. The first-order valence-electron chi connectivity index (χ1n) is 5.20. The smallest absolute Gasteiger partial charge is 0.340 e. The lowest BCUT2D eigenvalue weighted by Crippen LogP contribution is -2.42. The Hall–Kier alpha value is -0.790. The van der Waals surface area contributed by atoms with Gasteiger partial charge in [0.1, 0.15) is 12.2 Å². The number of ether oxygens (including phenoxy) is 1. The molecule has 0 aromatic heterocycles. The first-order valence-corrected chi connectivity index (χ1v) is 8.83. The molecule has 0 unspecified atom stereocenters. The van der Waals surface area contributed by atoms with Crippen LogP contribution >= 0.6 is 0 Å². The maximum Gasteiger partial charge on any atom is 0.340 e. The van der Waals surface area contributed by atoms with Crippen molar-refractivity contribution >= 4 is 26.2 Å². The molecule has 1 saturated heterocycles. The predicted molar refractivity (Wildman–Crippen MR) is 62.4 cm³/mol. The lowest BCUT2D eigenvalue weighted by atomic mass is 10.1. The minimum Gasteiger partial charge on any atom is -0.455 e. The predicted octanol–water partition coefficient (Wildman–Crippen LogP) is -3.05. The summed E-state index contributed by atoms with van der Waals surface area (Å²) in [7, 11) is -7.86. The molecule has 0 aromatic carbocycles. The Balaban J connectivity index is 2.72. The number of hydrogen-bond acceptors (Lipinski definition) is 10. The zero-order valence-electron chi connectivity index (χ0n) is 10.5. The van der Waals surface area contributed by atoms with Crippen LogP contribution in [0.5, 0.6) is 0 Å². The zero-order chi connectivity index (χ0) is 15.7. The molecule has 1 rings (SSSR count). The molecule has 0 spiro atoms. The highest BCUT2D eigenvalue weighted by atomic mass is 32.2. The summed E-state index contributed by atoms with van der Waals surface area (Å²) in [6.45, 7) is -0.764. The zero-order valence-corrected chi connectivity index (χ0v) is 12.1. The van der Waals surface area contributed by atoms with Gasteiger partial charge in [-0.15, -0.1) is 0 Å². The molecular weight excluding hydrogens is 320 g/mol. The molecule has 0 aromatic rings. The van der Waals surface area contributed by atoms with Crippen molar-refractivity contribution in [1.29, 1.82) is 0 Å². The van der Waals surface area contributed by atoms with Crippen LogP contribution in [0.25, 0.3) is 0 Å². The lowest BCUT2D eigenvalue weighted by molar-refractivity contribution is -0.150. The van der Waals surface area contributed by atoms with Gasteiger partial charge < -0.3 is 14.9 Å². The molecule has 118 valence electrons. The molecule has 12 heteroatoms. The van der Waals surface area contributed by atoms with Crippen molar-refractivity contribution in [3.63, 3.8) is 0 Å². The van der Waals surface area contributed by atoms with Crippen molar-refractivity contribution in [2.24, 2.45) is 0 Å². The van der Waals surface area contributed by atoms with E-state index in [9.17, 15) is 31.8 Å². The number of aliphatic hydroxyl groups is 2. The second-order valence-electron chi connectivity index (χ2n) is 4.17. The largest absolute Gasteiger partial charge is 0.455 e. The average molecular weight is 334 g/mol. The summed E-state index contributed by atoms with van der Waals surface area (Å²) in [6.07, 6.45) is -5.42. The van der Waals surface area contributed by atoms with Gasteiger partial charge in [-0.3, -0.25) is 8.37 Å². The van der Waals surface area contributed by atoms with Crippen molar-refractivity contribution in [3.05, 3.63) is 0 Å². The van der Waals surface area contributed by atoms with Gasteiger partial charge in [-0.1, -0.05) is 0 Å². The SMILES string of the molecule is CS(=O)(=O)OC[C@@H](O)[C@H]1OC(=O)[C@H](OS(C)(=O)=O)[C@@H]1O. The molecule has 1 aliphatic heterocycles. The van der Waals surface area contributed by atoms with Gasteiger partial charge in [0.05, 0.1) is 19.1 Å². The average Bonchev–Trinajstić information content (AvgIpc) is 2.51. The lowest BCUT2D eigenvalue weighted by Gasteiger charge is -2.19. The molecule has 20 heavy (non-hydrogen) atoms. The maximum atomic E-state index is 11.3. The van der Waals surface area contributed by atoms with E-state index in [2.05, 4.69) is 13.1 Å². The monoisotopic (exact) mass is 334 g/mol. The number of carbonyl (C=O) groups excluding carboxylic acids is 1.